The average Bonchev–Trinajstić information content (AvgIpc) is 2.15. The van der Waals surface area contributed by atoms with Crippen molar-refractivity contribution in [2.24, 2.45) is 11.7 Å². The highest BCUT2D eigenvalue weighted by Gasteiger charge is 2.36. The molecule has 0 bridgehead atoms. The SMILES string of the molecule is CC1C(N)CC1c1ccccc1Br. The molecule has 2 rings (SSSR count). The lowest BCUT2D eigenvalue weighted by Gasteiger charge is -2.41. The zero-order valence-corrected chi connectivity index (χ0v) is 9.29. The molecule has 0 aliphatic heterocycles. The summed E-state index contributed by atoms with van der Waals surface area (Å²) >= 11 is 3.58. The van der Waals surface area contributed by atoms with Crippen molar-refractivity contribution in [3.05, 3.63) is 34.3 Å². The third-order valence-electron chi connectivity index (χ3n) is 3.14. The van der Waals surface area contributed by atoms with Crippen molar-refractivity contribution >= 4 is 15.9 Å². The molecule has 70 valence electrons. The lowest BCUT2D eigenvalue weighted by molar-refractivity contribution is 0.226. The molecule has 13 heavy (non-hydrogen) atoms. The number of hydrogen-bond acceptors (Lipinski definition) is 1. The van der Waals surface area contributed by atoms with Gasteiger partial charge in [-0.3, -0.25) is 0 Å². The molecule has 1 aliphatic carbocycles. The summed E-state index contributed by atoms with van der Waals surface area (Å²) in [5, 5.41) is 0. The fourth-order valence-electron chi connectivity index (χ4n) is 2.01. The van der Waals surface area contributed by atoms with Gasteiger partial charge >= 0.3 is 0 Å². The number of nitrogens with two attached hydrogens (primary N) is 1. The van der Waals surface area contributed by atoms with E-state index in [1.165, 1.54) is 10.0 Å². The second-order valence-corrected chi connectivity index (χ2v) is 4.74. The molecule has 0 amide bonds. The Morgan fingerprint density at radius 1 is 1.38 bits per heavy atom. The molecule has 0 aromatic heterocycles. The predicted octanol–water partition coefficient (Wildman–Crippen LogP) is 2.90. The lowest BCUT2D eigenvalue weighted by Crippen LogP contribution is -2.44. The smallest absolute Gasteiger partial charge is 0.0210 e. The van der Waals surface area contributed by atoms with E-state index in [9.17, 15) is 0 Å². The van der Waals surface area contributed by atoms with Gasteiger partial charge in [-0.25, -0.2) is 0 Å². The minimum atomic E-state index is 0.400. The van der Waals surface area contributed by atoms with Crippen LogP contribution >= 0.6 is 15.9 Å². The fourth-order valence-corrected chi connectivity index (χ4v) is 2.59. The molecule has 1 fully saturated rings. The maximum absolute atomic E-state index is 5.88. The molecular weight excluding hydrogens is 226 g/mol. The van der Waals surface area contributed by atoms with Crippen molar-refractivity contribution in [1.82, 2.24) is 0 Å². The molecule has 0 radical (unpaired) electrons. The van der Waals surface area contributed by atoms with Crippen molar-refractivity contribution < 1.29 is 0 Å². The molecule has 0 heterocycles. The molecule has 1 aromatic rings. The van der Waals surface area contributed by atoms with Gasteiger partial charge in [0.25, 0.3) is 0 Å². The summed E-state index contributed by atoms with van der Waals surface area (Å²) in [7, 11) is 0. The van der Waals surface area contributed by atoms with Gasteiger partial charge in [-0.15, -0.1) is 0 Å². The maximum Gasteiger partial charge on any atom is 0.0210 e. The number of rotatable bonds is 1. The van der Waals surface area contributed by atoms with Crippen molar-refractivity contribution in [1.29, 1.82) is 0 Å². The molecule has 3 unspecified atom stereocenters. The monoisotopic (exact) mass is 239 g/mol. The molecule has 3 atom stereocenters. The van der Waals surface area contributed by atoms with E-state index in [0.717, 1.165) is 6.42 Å². The maximum atomic E-state index is 5.88. The quantitative estimate of drug-likeness (QED) is 0.802. The first-order chi connectivity index (χ1) is 6.20. The van der Waals surface area contributed by atoms with Crippen LogP contribution < -0.4 is 5.73 Å². The van der Waals surface area contributed by atoms with E-state index in [0.29, 0.717) is 17.9 Å². The Balaban J connectivity index is 2.23. The number of benzene rings is 1. The molecule has 0 saturated heterocycles. The Hall–Kier alpha value is -0.340. The van der Waals surface area contributed by atoms with E-state index in [-0.39, 0.29) is 0 Å². The van der Waals surface area contributed by atoms with E-state index < -0.39 is 0 Å². The van der Waals surface area contributed by atoms with Gasteiger partial charge in [0.2, 0.25) is 0 Å². The normalized spacial score (nSPS) is 32.7. The summed E-state index contributed by atoms with van der Waals surface area (Å²) in [6.07, 6.45) is 1.13. The van der Waals surface area contributed by atoms with E-state index in [1.54, 1.807) is 0 Å². The van der Waals surface area contributed by atoms with Crippen molar-refractivity contribution in [3.8, 4) is 0 Å². The highest BCUT2D eigenvalue weighted by molar-refractivity contribution is 9.10. The van der Waals surface area contributed by atoms with Crippen LogP contribution in [0.25, 0.3) is 0 Å². The average molecular weight is 240 g/mol. The number of halogens is 1. The second-order valence-electron chi connectivity index (χ2n) is 3.89. The Morgan fingerprint density at radius 3 is 2.62 bits per heavy atom. The molecular formula is C11H14BrN. The summed E-state index contributed by atoms with van der Waals surface area (Å²) in [4.78, 5) is 0. The summed E-state index contributed by atoms with van der Waals surface area (Å²) in [6, 6.07) is 8.84. The Morgan fingerprint density at radius 2 is 2.08 bits per heavy atom. The van der Waals surface area contributed by atoms with Gasteiger partial charge in [-0.05, 0) is 29.9 Å². The highest BCUT2D eigenvalue weighted by atomic mass is 79.9. The van der Waals surface area contributed by atoms with Crippen LogP contribution in [0.1, 0.15) is 24.8 Å². The topological polar surface area (TPSA) is 26.0 Å². The summed E-state index contributed by atoms with van der Waals surface area (Å²) in [5.74, 6) is 1.28. The van der Waals surface area contributed by atoms with Gasteiger partial charge in [-0.1, -0.05) is 41.1 Å². The van der Waals surface area contributed by atoms with E-state index in [2.05, 4.69) is 47.1 Å². The lowest BCUT2D eigenvalue weighted by atomic mass is 9.67. The van der Waals surface area contributed by atoms with Crippen LogP contribution in [-0.4, -0.2) is 6.04 Å². The second kappa shape index (κ2) is 3.43. The first kappa shape index (κ1) is 9.22. The van der Waals surface area contributed by atoms with Crippen LogP contribution in [-0.2, 0) is 0 Å². The van der Waals surface area contributed by atoms with Crippen LogP contribution in [0.15, 0.2) is 28.7 Å². The summed E-state index contributed by atoms with van der Waals surface area (Å²) < 4.78 is 1.22. The largest absolute Gasteiger partial charge is 0.327 e. The highest BCUT2D eigenvalue weighted by Crippen LogP contribution is 2.43. The van der Waals surface area contributed by atoms with Gasteiger partial charge in [0.15, 0.2) is 0 Å². The van der Waals surface area contributed by atoms with Gasteiger partial charge in [0.1, 0.15) is 0 Å². The summed E-state index contributed by atoms with van der Waals surface area (Å²) in [5.41, 5.74) is 7.30. The van der Waals surface area contributed by atoms with Crippen molar-refractivity contribution in [3.63, 3.8) is 0 Å². The zero-order chi connectivity index (χ0) is 9.42. The fraction of sp³-hybridized carbons (Fsp3) is 0.455. The van der Waals surface area contributed by atoms with Crippen molar-refractivity contribution in [2.75, 3.05) is 0 Å². The molecule has 1 nitrogen and oxygen atoms in total. The van der Waals surface area contributed by atoms with Gasteiger partial charge in [0, 0.05) is 10.5 Å². The van der Waals surface area contributed by atoms with Crippen LogP contribution in [0, 0.1) is 5.92 Å². The minimum absolute atomic E-state index is 0.400. The van der Waals surface area contributed by atoms with Gasteiger partial charge in [-0.2, -0.15) is 0 Å². The van der Waals surface area contributed by atoms with Crippen LogP contribution in [0.5, 0.6) is 0 Å². The molecule has 1 saturated carbocycles. The molecule has 2 heteroatoms. The van der Waals surface area contributed by atoms with E-state index >= 15 is 0 Å². The molecule has 0 spiro atoms. The first-order valence-corrected chi connectivity index (χ1v) is 5.49. The standard InChI is InChI=1S/C11H14BrN/c1-7-9(6-11(7)13)8-4-2-3-5-10(8)12/h2-5,7,9,11H,6,13H2,1H3. The van der Waals surface area contributed by atoms with Crippen LogP contribution in [0.4, 0.5) is 0 Å². The first-order valence-electron chi connectivity index (χ1n) is 4.70. The minimum Gasteiger partial charge on any atom is -0.327 e. The third kappa shape index (κ3) is 1.53. The number of hydrogen-bond donors (Lipinski definition) is 1. The van der Waals surface area contributed by atoms with E-state index in [1.807, 2.05) is 0 Å². The molecule has 1 aliphatic rings. The molecule has 2 N–H and O–H groups in total. The van der Waals surface area contributed by atoms with Crippen molar-refractivity contribution in [2.45, 2.75) is 25.3 Å². The van der Waals surface area contributed by atoms with Crippen LogP contribution in [0.2, 0.25) is 0 Å². The van der Waals surface area contributed by atoms with E-state index in [4.69, 9.17) is 5.73 Å². The van der Waals surface area contributed by atoms with Gasteiger partial charge < -0.3 is 5.73 Å². The zero-order valence-electron chi connectivity index (χ0n) is 7.70. The van der Waals surface area contributed by atoms with Crippen LogP contribution in [0.3, 0.4) is 0 Å². The Kier molecular flexibility index (Phi) is 2.43. The van der Waals surface area contributed by atoms with Gasteiger partial charge in [0.05, 0.1) is 0 Å². The predicted molar refractivity (Wildman–Crippen MR) is 58.6 cm³/mol. The third-order valence-corrected chi connectivity index (χ3v) is 3.86. The Bertz CT molecular complexity index is 311. The molecule has 1 aromatic carbocycles. The summed E-state index contributed by atoms with van der Waals surface area (Å²) in [6.45, 7) is 2.23. The Labute approximate surface area is 87.5 Å².